The summed E-state index contributed by atoms with van der Waals surface area (Å²) in [6.45, 7) is 14.7. The molecule has 0 saturated heterocycles. The minimum Gasteiger partial charge on any atom is -0.346 e. The number of carbonyl (C=O) groups excluding carboxylic acids is 2. The summed E-state index contributed by atoms with van der Waals surface area (Å²) in [6.07, 6.45) is 1.43. The van der Waals surface area contributed by atoms with E-state index in [1.54, 1.807) is 13.8 Å². The minimum atomic E-state index is -0.582. The van der Waals surface area contributed by atoms with Gasteiger partial charge in [-0.05, 0) is 26.7 Å². The maximum atomic E-state index is 11.8. The van der Waals surface area contributed by atoms with Gasteiger partial charge in [-0.2, -0.15) is 0 Å². The van der Waals surface area contributed by atoms with Gasteiger partial charge in [0.2, 0.25) is 5.91 Å². The van der Waals surface area contributed by atoms with E-state index in [9.17, 15) is 9.59 Å². The molecule has 17 heavy (non-hydrogen) atoms. The van der Waals surface area contributed by atoms with Crippen molar-refractivity contribution in [3.05, 3.63) is 12.2 Å². The molecule has 98 valence electrons. The van der Waals surface area contributed by atoms with Crippen molar-refractivity contribution in [3.63, 3.8) is 0 Å². The van der Waals surface area contributed by atoms with E-state index in [-0.39, 0.29) is 11.7 Å². The fourth-order valence-electron chi connectivity index (χ4n) is 2.13. The van der Waals surface area contributed by atoms with E-state index < -0.39 is 11.0 Å². The normalized spacial score (nSPS) is 12.1. The van der Waals surface area contributed by atoms with Crippen molar-refractivity contribution < 1.29 is 9.59 Å². The van der Waals surface area contributed by atoms with Gasteiger partial charge in [0.05, 0.1) is 5.54 Å². The molecule has 1 amide bonds. The topological polar surface area (TPSA) is 46.2 Å². The predicted octanol–water partition coefficient (Wildman–Crippen LogP) is 2.85. The minimum absolute atomic E-state index is 0.0863. The molecule has 0 aromatic carbocycles. The molecule has 0 aliphatic heterocycles. The molecule has 0 rings (SSSR count). The number of nitrogens with one attached hydrogen (secondary N) is 1. The van der Waals surface area contributed by atoms with Crippen molar-refractivity contribution in [2.24, 2.45) is 5.41 Å². The summed E-state index contributed by atoms with van der Waals surface area (Å²) in [5.41, 5.74) is -0.619. The Bertz CT molecular complexity index is 325. The van der Waals surface area contributed by atoms with Gasteiger partial charge in [0.25, 0.3) is 0 Å². The molecule has 0 aliphatic rings. The molecule has 0 atom stereocenters. The van der Waals surface area contributed by atoms with Crippen molar-refractivity contribution in [2.45, 2.75) is 59.9 Å². The van der Waals surface area contributed by atoms with Crippen molar-refractivity contribution in [3.8, 4) is 0 Å². The van der Waals surface area contributed by atoms with Crippen molar-refractivity contribution in [1.82, 2.24) is 5.32 Å². The summed E-state index contributed by atoms with van der Waals surface area (Å²) in [5, 5.41) is 2.99. The Kier molecular flexibility index (Phi) is 5.12. The van der Waals surface area contributed by atoms with Gasteiger partial charge < -0.3 is 5.32 Å². The number of carbonyl (C=O) groups is 2. The molecule has 0 bridgehead atoms. The zero-order valence-corrected chi connectivity index (χ0v) is 11.9. The monoisotopic (exact) mass is 239 g/mol. The second-order valence-corrected chi connectivity index (χ2v) is 5.20. The van der Waals surface area contributed by atoms with Crippen LogP contribution in [-0.2, 0) is 9.59 Å². The third-order valence-electron chi connectivity index (χ3n) is 4.02. The van der Waals surface area contributed by atoms with Crippen LogP contribution < -0.4 is 5.32 Å². The maximum Gasteiger partial charge on any atom is 0.246 e. The maximum absolute atomic E-state index is 11.8. The van der Waals surface area contributed by atoms with E-state index >= 15 is 0 Å². The first kappa shape index (κ1) is 15.9. The molecular formula is C14H25NO2. The molecule has 0 aliphatic carbocycles. The lowest BCUT2D eigenvalue weighted by Crippen LogP contribution is -2.60. The van der Waals surface area contributed by atoms with Gasteiger partial charge in [0.15, 0.2) is 0 Å². The van der Waals surface area contributed by atoms with E-state index in [4.69, 9.17) is 0 Å². The lowest BCUT2D eigenvalue weighted by Gasteiger charge is -2.45. The van der Waals surface area contributed by atoms with Gasteiger partial charge in [-0.3, -0.25) is 9.59 Å². The zero-order valence-electron chi connectivity index (χ0n) is 11.9. The third-order valence-corrected chi connectivity index (χ3v) is 4.02. The molecule has 0 aromatic heterocycles. The smallest absolute Gasteiger partial charge is 0.246 e. The largest absolute Gasteiger partial charge is 0.346 e. The van der Waals surface area contributed by atoms with Crippen LogP contribution >= 0.6 is 0 Å². The molecule has 0 aromatic rings. The number of amides is 1. The zero-order chi connectivity index (χ0) is 13.9. The Labute approximate surface area is 105 Å². The first-order chi connectivity index (χ1) is 7.64. The molecule has 0 saturated carbocycles. The quantitative estimate of drug-likeness (QED) is 0.724. The number of rotatable bonds is 6. The van der Waals surface area contributed by atoms with E-state index in [1.165, 1.54) is 0 Å². The van der Waals surface area contributed by atoms with Crippen LogP contribution in [-0.4, -0.2) is 17.2 Å². The lowest BCUT2D eigenvalue weighted by molar-refractivity contribution is -0.132. The summed E-state index contributed by atoms with van der Waals surface area (Å²) >= 11 is 0. The Morgan fingerprint density at radius 1 is 1.12 bits per heavy atom. The first-order valence-electron chi connectivity index (χ1n) is 6.13. The SMILES string of the molecule is C=C(C)C(=O)NC(CC)(CC)C(C)(C)C(C)=O. The van der Waals surface area contributed by atoms with Gasteiger partial charge in [-0.15, -0.1) is 0 Å². The standard InChI is InChI=1S/C14H25NO2/c1-8-14(9-2,13(6,7)11(5)16)15-12(17)10(3)4/h3,8-9H2,1-2,4-7H3,(H,15,17). The number of Topliss-reactive ketones (excluding diaryl/α,β-unsaturated/α-hetero) is 1. The summed E-state index contributed by atoms with van der Waals surface area (Å²) in [4.78, 5) is 23.6. The average Bonchev–Trinajstić information content (AvgIpc) is 2.24. The predicted molar refractivity (Wildman–Crippen MR) is 70.7 cm³/mol. The van der Waals surface area contributed by atoms with Crippen molar-refractivity contribution >= 4 is 11.7 Å². The van der Waals surface area contributed by atoms with E-state index in [0.29, 0.717) is 5.57 Å². The van der Waals surface area contributed by atoms with Crippen LogP contribution in [0.15, 0.2) is 12.2 Å². The fraction of sp³-hybridized carbons (Fsp3) is 0.714. The highest BCUT2D eigenvalue weighted by Crippen LogP contribution is 2.37. The molecule has 3 nitrogen and oxygen atoms in total. The number of ketones is 1. The number of hydrogen-bond donors (Lipinski definition) is 1. The highest BCUT2D eigenvalue weighted by Gasteiger charge is 2.46. The second-order valence-electron chi connectivity index (χ2n) is 5.20. The van der Waals surface area contributed by atoms with Gasteiger partial charge in [-0.25, -0.2) is 0 Å². The Morgan fingerprint density at radius 3 is 1.76 bits per heavy atom. The van der Waals surface area contributed by atoms with Crippen LogP contribution in [0.5, 0.6) is 0 Å². The highest BCUT2D eigenvalue weighted by atomic mass is 16.2. The van der Waals surface area contributed by atoms with Crippen LogP contribution in [0.4, 0.5) is 0 Å². The van der Waals surface area contributed by atoms with Gasteiger partial charge in [0, 0.05) is 11.0 Å². The van der Waals surface area contributed by atoms with E-state index in [2.05, 4.69) is 11.9 Å². The lowest BCUT2D eigenvalue weighted by atomic mass is 9.66. The highest BCUT2D eigenvalue weighted by molar-refractivity contribution is 5.93. The van der Waals surface area contributed by atoms with Crippen LogP contribution in [0.2, 0.25) is 0 Å². The second kappa shape index (κ2) is 5.48. The molecule has 0 spiro atoms. The molecule has 3 heteroatoms. The molecular weight excluding hydrogens is 214 g/mol. The summed E-state index contributed by atoms with van der Waals surface area (Å²) in [7, 11) is 0. The van der Waals surface area contributed by atoms with Crippen molar-refractivity contribution in [1.29, 1.82) is 0 Å². The summed E-state index contributed by atoms with van der Waals surface area (Å²) in [6, 6.07) is 0. The first-order valence-corrected chi connectivity index (χ1v) is 6.13. The third kappa shape index (κ3) is 2.96. The van der Waals surface area contributed by atoms with Crippen LogP contribution in [0.3, 0.4) is 0 Å². The summed E-state index contributed by atoms with van der Waals surface area (Å²) in [5.74, 6) is -0.0914. The van der Waals surface area contributed by atoms with Crippen molar-refractivity contribution in [2.75, 3.05) is 0 Å². The van der Waals surface area contributed by atoms with Crippen LogP contribution in [0.25, 0.3) is 0 Å². The van der Waals surface area contributed by atoms with E-state index in [0.717, 1.165) is 12.8 Å². The Morgan fingerprint density at radius 2 is 1.53 bits per heavy atom. The van der Waals surface area contributed by atoms with Crippen LogP contribution in [0, 0.1) is 5.41 Å². The Hall–Kier alpha value is -1.12. The summed E-state index contributed by atoms with van der Waals surface area (Å²) < 4.78 is 0. The molecule has 0 unspecified atom stereocenters. The average molecular weight is 239 g/mol. The molecule has 0 radical (unpaired) electrons. The van der Waals surface area contributed by atoms with Gasteiger partial charge >= 0.3 is 0 Å². The number of hydrogen-bond acceptors (Lipinski definition) is 2. The molecule has 0 fully saturated rings. The fourth-order valence-corrected chi connectivity index (χ4v) is 2.13. The molecule has 1 N–H and O–H groups in total. The van der Waals surface area contributed by atoms with Crippen LogP contribution in [0.1, 0.15) is 54.4 Å². The Balaban J connectivity index is 5.38. The van der Waals surface area contributed by atoms with Gasteiger partial charge in [0.1, 0.15) is 5.78 Å². The van der Waals surface area contributed by atoms with Gasteiger partial charge in [-0.1, -0.05) is 34.3 Å². The molecule has 0 heterocycles. The van der Waals surface area contributed by atoms with E-state index in [1.807, 2.05) is 27.7 Å².